The van der Waals surface area contributed by atoms with Crippen molar-refractivity contribution in [3.05, 3.63) is 70.5 Å². The van der Waals surface area contributed by atoms with Crippen molar-refractivity contribution in [1.82, 2.24) is 9.97 Å². The lowest BCUT2D eigenvalue weighted by Gasteiger charge is -2.09. The van der Waals surface area contributed by atoms with Gasteiger partial charge in [-0.05, 0) is 36.8 Å². The van der Waals surface area contributed by atoms with E-state index in [9.17, 15) is 0 Å². The summed E-state index contributed by atoms with van der Waals surface area (Å²) in [4.78, 5) is 9.66. The van der Waals surface area contributed by atoms with Crippen LogP contribution in [0.1, 0.15) is 51.3 Å². The van der Waals surface area contributed by atoms with E-state index in [-0.39, 0.29) is 0 Å². The highest BCUT2D eigenvalue weighted by molar-refractivity contribution is 6.30. The van der Waals surface area contributed by atoms with E-state index in [1.54, 1.807) is 0 Å². The Kier molecular flexibility index (Phi) is 7.88. The minimum atomic E-state index is 0.725. The summed E-state index contributed by atoms with van der Waals surface area (Å²) in [6.45, 7) is 2.24. The van der Waals surface area contributed by atoms with E-state index in [0.29, 0.717) is 0 Å². The van der Waals surface area contributed by atoms with Gasteiger partial charge in [-0.15, -0.1) is 0 Å². The number of unbranched alkanes of at least 4 members (excludes halogenated alkanes) is 5. The third-order valence-electron chi connectivity index (χ3n) is 4.81. The van der Waals surface area contributed by atoms with E-state index in [1.807, 2.05) is 54.6 Å². The number of aryl methyl sites for hydroxylation is 1. The largest absolute Gasteiger partial charge is 0.233 e. The van der Waals surface area contributed by atoms with Crippen LogP contribution < -0.4 is 0 Å². The van der Waals surface area contributed by atoms with Crippen LogP contribution >= 0.6 is 23.2 Å². The molecule has 2 aromatic carbocycles. The zero-order valence-corrected chi connectivity index (χ0v) is 17.8. The van der Waals surface area contributed by atoms with Gasteiger partial charge in [-0.2, -0.15) is 0 Å². The van der Waals surface area contributed by atoms with Crippen molar-refractivity contribution < 1.29 is 0 Å². The summed E-state index contributed by atoms with van der Waals surface area (Å²) in [5.74, 6) is 0.896. The van der Waals surface area contributed by atoms with E-state index >= 15 is 0 Å². The monoisotopic (exact) mass is 412 g/mol. The zero-order valence-electron chi connectivity index (χ0n) is 16.3. The van der Waals surface area contributed by atoms with Crippen LogP contribution in [0.15, 0.2) is 54.6 Å². The van der Waals surface area contributed by atoms with Crippen LogP contribution in [-0.4, -0.2) is 9.97 Å². The molecule has 3 aromatic rings. The van der Waals surface area contributed by atoms with Crippen LogP contribution in [0, 0.1) is 0 Å². The molecule has 4 heteroatoms. The van der Waals surface area contributed by atoms with Crippen molar-refractivity contribution in [3.63, 3.8) is 0 Å². The summed E-state index contributed by atoms with van der Waals surface area (Å²) < 4.78 is 0. The Hall–Kier alpha value is -1.90. The highest BCUT2D eigenvalue weighted by Gasteiger charge is 2.09. The smallest absolute Gasteiger partial charge is 0.129 e. The van der Waals surface area contributed by atoms with Crippen molar-refractivity contribution in [2.45, 2.75) is 51.9 Å². The van der Waals surface area contributed by atoms with Gasteiger partial charge in [0.2, 0.25) is 0 Å². The molecule has 0 radical (unpaired) electrons. The maximum Gasteiger partial charge on any atom is 0.129 e. The summed E-state index contributed by atoms with van der Waals surface area (Å²) in [6, 6.07) is 17.6. The Balaban J connectivity index is 1.83. The van der Waals surface area contributed by atoms with Gasteiger partial charge in [0, 0.05) is 27.6 Å². The average molecular weight is 413 g/mol. The van der Waals surface area contributed by atoms with Gasteiger partial charge in [0.05, 0.1) is 11.4 Å². The first kappa shape index (κ1) is 20.8. The van der Waals surface area contributed by atoms with Gasteiger partial charge in [-0.1, -0.05) is 86.5 Å². The Morgan fingerprint density at radius 2 is 1.11 bits per heavy atom. The summed E-state index contributed by atoms with van der Waals surface area (Å²) in [5.41, 5.74) is 3.95. The molecule has 3 rings (SSSR count). The Labute approximate surface area is 178 Å². The molecule has 0 atom stereocenters. The molecule has 0 aliphatic rings. The van der Waals surface area contributed by atoms with Gasteiger partial charge < -0.3 is 0 Å². The SMILES string of the molecule is CCCCCCCCc1nc(-c2ccc(Cl)cc2)cc(-c2ccc(Cl)cc2)n1. The van der Waals surface area contributed by atoms with E-state index in [0.717, 1.165) is 51.2 Å². The fourth-order valence-electron chi connectivity index (χ4n) is 3.21. The molecular weight excluding hydrogens is 387 g/mol. The Morgan fingerprint density at radius 3 is 1.61 bits per heavy atom. The van der Waals surface area contributed by atoms with Crippen LogP contribution in [0.4, 0.5) is 0 Å². The number of benzene rings is 2. The second kappa shape index (κ2) is 10.6. The minimum Gasteiger partial charge on any atom is -0.233 e. The predicted molar refractivity (Wildman–Crippen MR) is 120 cm³/mol. The molecule has 0 bridgehead atoms. The van der Waals surface area contributed by atoms with E-state index in [4.69, 9.17) is 33.2 Å². The molecule has 0 amide bonds. The van der Waals surface area contributed by atoms with Crippen LogP contribution in [0.2, 0.25) is 10.0 Å². The number of halogens is 2. The van der Waals surface area contributed by atoms with Crippen molar-refractivity contribution in [3.8, 4) is 22.5 Å². The van der Waals surface area contributed by atoms with Gasteiger partial charge in [0.25, 0.3) is 0 Å². The van der Waals surface area contributed by atoms with Crippen LogP contribution in [0.3, 0.4) is 0 Å². The second-order valence-electron chi connectivity index (χ2n) is 7.09. The molecule has 2 nitrogen and oxygen atoms in total. The Morgan fingerprint density at radius 1 is 0.643 bits per heavy atom. The molecule has 146 valence electrons. The fourth-order valence-corrected chi connectivity index (χ4v) is 3.46. The molecule has 0 fully saturated rings. The average Bonchev–Trinajstić information content (AvgIpc) is 2.71. The highest BCUT2D eigenvalue weighted by atomic mass is 35.5. The van der Waals surface area contributed by atoms with Gasteiger partial charge in [-0.25, -0.2) is 9.97 Å². The van der Waals surface area contributed by atoms with Crippen molar-refractivity contribution in [2.75, 3.05) is 0 Å². The van der Waals surface area contributed by atoms with Crippen LogP contribution in [-0.2, 0) is 6.42 Å². The third-order valence-corrected chi connectivity index (χ3v) is 5.31. The summed E-state index contributed by atoms with van der Waals surface area (Å²) in [7, 11) is 0. The van der Waals surface area contributed by atoms with Crippen LogP contribution in [0.25, 0.3) is 22.5 Å². The fraction of sp³-hybridized carbons (Fsp3) is 0.333. The molecule has 0 N–H and O–H groups in total. The molecule has 0 aliphatic carbocycles. The standard InChI is InChI=1S/C24H26Cl2N2/c1-2-3-4-5-6-7-8-24-27-22(18-9-13-20(25)14-10-18)17-23(28-24)19-11-15-21(26)16-12-19/h9-17H,2-8H2,1H3. The normalized spacial score (nSPS) is 11.0. The predicted octanol–water partition coefficient (Wildman–Crippen LogP) is 8.02. The number of nitrogens with zero attached hydrogens (tertiary/aromatic N) is 2. The van der Waals surface area contributed by atoms with Gasteiger partial charge >= 0.3 is 0 Å². The lowest BCUT2D eigenvalue weighted by molar-refractivity contribution is 0.601. The number of hydrogen-bond acceptors (Lipinski definition) is 2. The third kappa shape index (κ3) is 6.05. The molecule has 0 saturated carbocycles. The number of hydrogen-bond donors (Lipinski definition) is 0. The van der Waals surface area contributed by atoms with E-state index in [1.165, 1.54) is 32.1 Å². The van der Waals surface area contributed by atoms with E-state index in [2.05, 4.69) is 6.92 Å². The molecule has 1 heterocycles. The van der Waals surface area contributed by atoms with Gasteiger partial charge in [0.15, 0.2) is 0 Å². The van der Waals surface area contributed by atoms with Crippen molar-refractivity contribution in [1.29, 1.82) is 0 Å². The quantitative estimate of drug-likeness (QED) is 0.332. The minimum absolute atomic E-state index is 0.725. The lowest BCUT2D eigenvalue weighted by atomic mass is 10.1. The molecule has 0 unspecified atom stereocenters. The van der Waals surface area contributed by atoms with Gasteiger partial charge in [-0.3, -0.25) is 0 Å². The second-order valence-corrected chi connectivity index (χ2v) is 7.96. The lowest BCUT2D eigenvalue weighted by Crippen LogP contribution is -2.00. The molecular formula is C24H26Cl2N2. The number of aromatic nitrogens is 2. The maximum atomic E-state index is 6.05. The van der Waals surface area contributed by atoms with Crippen molar-refractivity contribution in [2.24, 2.45) is 0 Å². The first-order chi connectivity index (χ1) is 13.7. The van der Waals surface area contributed by atoms with Crippen molar-refractivity contribution >= 4 is 23.2 Å². The highest BCUT2D eigenvalue weighted by Crippen LogP contribution is 2.26. The molecule has 1 aromatic heterocycles. The van der Waals surface area contributed by atoms with Gasteiger partial charge in [0.1, 0.15) is 5.82 Å². The number of rotatable bonds is 9. The first-order valence-electron chi connectivity index (χ1n) is 10.1. The first-order valence-corrected chi connectivity index (χ1v) is 10.8. The topological polar surface area (TPSA) is 25.8 Å². The van der Waals surface area contributed by atoms with E-state index < -0.39 is 0 Å². The zero-order chi connectivity index (χ0) is 19.8. The van der Waals surface area contributed by atoms with Crippen LogP contribution in [0.5, 0.6) is 0 Å². The molecule has 0 spiro atoms. The molecule has 0 aliphatic heterocycles. The summed E-state index contributed by atoms with van der Waals surface area (Å²) in [6.07, 6.45) is 8.44. The molecule has 28 heavy (non-hydrogen) atoms. The maximum absolute atomic E-state index is 6.05. The summed E-state index contributed by atoms with van der Waals surface area (Å²) in [5, 5.41) is 1.45. The summed E-state index contributed by atoms with van der Waals surface area (Å²) >= 11 is 12.1. The molecule has 0 saturated heterocycles. The Bertz CT molecular complexity index is 810.